The molecule has 0 unspecified atom stereocenters. The zero-order valence-corrected chi connectivity index (χ0v) is 14.6. The van der Waals surface area contributed by atoms with Crippen LogP contribution in [0.25, 0.3) is 37.7 Å². The molecule has 0 saturated heterocycles. The SMILES string of the molecule is [Cl-].[Mg+2].[c-]1cccc2c1c1nc3ccsc3n1c1ccccc21. The van der Waals surface area contributed by atoms with Gasteiger partial charge in [0, 0.05) is 5.52 Å². The van der Waals surface area contributed by atoms with Gasteiger partial charge in [-0.2, -0.15) is 0 Å². The number of hydrogen-bond donors (Lipinski definition) is 0. The minimum absolute atomic E-state index is 0. The number of pyridine rings is 1. The molecule has 0 saturated carbocycles. The van der Waals surface area contributed by atoms with Crippen LogP contribution in [0.4, 0.5) is 0 Å². The third-order valence-corrected chi connectivity index (χ3v) is 4.67. The number of fused-ring (bicyclic) bond motifs is 8. The summed E-state index contributed by atoms with van der Waals surface area (Å²) in [6.45, 7) is 0. The van der Waals surface area contributed by atoms with E-state index in [-0.39, 0.29) is 35.5 Å². The first-order valence-electron chi connectivity index (χ1n) is 6.50. The fraction of sp³-hybridized carbons (Fsp3) is 0. The number of nitrogens with zero attached hydrogens (tertiary/aromatic N) is 2. The molecule has 2 nitrogen and oxygen atoms in total. The zero-order valence-electron chi connectivity index (χ0n) is 11.6. The van der Waals surface area contributed by atoms with E-state index in [2.05, 4.69) is 52.2 Å². The summed E-state index contributed by atoms with van der Waals surface area (Å²) in [6, 6.07) is 20.1. The average Bonchev–Trinajstić information content (AvgIpc) is 3.08. The second-order valence-corrected chi connectivity index (χ2v) is 5.75. The molecule has 102 valence electrons. The topological polar surface area (TPSA) is 17.3 Å². The van der Waals surface area contributed by atoms with Crippen LogP contribution in [0.15, 0.2) is 53.9 Å². The number of para-hydroxylation sites is 1. The van der Waals surface area contributed by atoms with Crippen LogP contribution >= 0.6 is 11.3 Å². The van der Waals surface area contributed by atoms with E-state index >= 15 is 0 Å². The summed E-state index contributed by atoms with van der Waals surface area (Å²) in [5.41, 5.74) is 3.27. The molecule has 22 heavy (non-hydrogen) atoms. The van der Waals surface area contributed by atoms with Gasteiger partial charge in [0.05, 0.1) is 11.2 Å². The van der Waals surface area contributed by atoms with Gasteiger partial charge >= 0.3 is 23.1 Å². The van der Waals surface area contributed by atoms with Gasteiger partial charge in [-0.1, -0.05) is 23.6 Å². The van der Waals surface area contributed by atoms with Crippen LogP contribution in [0.1, 0.15) is 0 Å². The first-order valence-corrected chi connectivity index (χ1v) is 7.38. The van der Waals surface area contributed by atoms with Gasteiger partial charge in [-0.3, -0.25) is 4.98 Å². The summed E-state index contributed by atoms with van der Waals surface area (Å²) in [7, 11) is 0. The van der Waals surface area contributed by atoms with E-state index in [4.69, 9.17) is 4.98 Å². The fourth-order valence-corrected chi connectivity index (χ4v) is 3.79. The van der Waals surface area contributed by atoms with Gasteiger partial charge in [-0.25, -0.2) is 0 Å². The van der Waals surface area contributed by atoms with Crippen LogP contribution in [0.5, 0.6) is 0 Å². The molecule has 0 N–H and O–H groups in total. The van der Waals surface area contributed by atoms with Crippen molar-refractivity contribution >= 4 is 72.1 Å². The molecule has 5 rings (SSSR count). The molecule has 0 bridgehead atoms. The quantitative estimate of drug-likeness (QED) is 0.237. The van der Waals surface area contributed by atoms with Gasteiger partial charge in [-0.15, -0.1) is 41.0 Å². The van der Waals surface area contributed by atoms with Crippen molar-refractivity contribution in [1.82, 2.24) is 9.38 Å². The summed E-state index contributed by atoms with van der Waals surface area (Å²) in [5, 5.41) is 5.65. The number of thiophene rings is 1. The van der Waals surface area contributed by atoms with Crippen LogP contribution in [-0.2, 0) is 0 Å². The molecule has 3 aromatic heterocycles. The van der Waals surface area contributed by atoms with Crippen LogP contribution in [0, 0.1) is 6.07 Å². The third-order valence-electron chi connectivity index (χ3n) is 3.78. The van der Waals surface area contributed by atoms with Crippen molar-refractivity contribution in [2.45, 2.75) is 0 Å². The number of aromatic nitrogens is 2. The second kappa shape index (κ2) is 5.70. The maximum Gasteiger partial charge on any atom is 2.00 e. The van der Waals surface area contributed by atoms with Crippen LogP contribution in [0.3, 0.4) is 0 Å². The van der Waals surface area contributed by atoms with E-state index in [0.29, 0.717) is 0 Å². The summed E-state index contributed by atoms with van der Waals surface area (Å²) in [5.74, 6) is 0. The van der Waals surface area contributed by atoms with Crippen molar-refractivity contribution in [3.05, 3.63) is 60.0 Å². The molecule has 2 aromatic carbocycles. The molecule has 0 atom stereocenters. The van der Waals surface area contributed by atoms with E-state index in [0.717, 1.165) is 16.6 Å². The molecule has 0 amide bonds. The van der Waals surface area contributed by atoms with Gasteiger partial charge < -0.3 is 16.8 Å². The van der Waals surface area contributed by atoms with Crippen LogP contribution in [-0.4, -0.2) is 32.4 Å². The molecule has 3 heterocycles. The molecule has 0 aliphatic heterocycles. The smallest absolute Gasteiger partial charge is 1.00 e. The van der Waals surface area contributed by atoms with Crippen molar-refractivity contribution in [3.63, 3.8) is 0 Å². The fourth-order valence-electron chi connectivity index (χ4n) is 2.94. The van der Waals surface area contributed by atoms with Crippen molar-refractivity contribution in [3.8, 4) is 0 Å². The van der Waals surface area contributed by atoms with E-state index in [1.165, 1.54) is 21.1 Å². The first-order chi connectivity index (χ1) is 9.93. The third kappa shape index (κ3) is 1.95. The second-order valence-electron chi connectivity index (χ2n) is 4.86. The Bertz CT molecular complexity index is 1080. The Morgan fingerprint density at radius 2 is 1.82 bits per heavy atom. The van der Waals surface area contributed by atoms with Crippen molar-refractivity contribution in [1.29, 1.82) is 0 Å². The Labute approximate surface area is 153 Å². The van der Waals surface area contributed by atoms with Crippen molar-refractivity contribution in [2.24, 2.45) is 0 Å². The molecule has 0 aliphatic rings. The van der Waals surface area contributed by atoms with Gasteiger partial charge in [-0.05, 0) is 22.9 Å². The Kier molecular flexibility index (Phi) is 4.03. The molecular formula is C17H9ClMgN2S. The molecule has 0 radical (unpaired) electrons. The zero-order chi connectivity index (χ0) is 13.1. The number of hydrogen-bond acceptors (Lipinski definition) is 2. The summed E-state index contributed by atoms with van der Waals surface area (Å²) in [4.78, 5) is 6.00. The maximum absolute atomic E-state index is 4.80. The monoisotopic (exact) mass is 332 g/mol. The Morgan fingerprint density at radius 3 is 2.73 bits per heavy atom. The van der Waals surface area contributed by atoms with Crippen molar-refractivity contribution < 1.29 is 12.4 Å². The standard InChI is InChI=1S/C17H9N2S.ClH.Mg/c1-2-7-13-11(5-1)12-6-3-4-8-15(12)19-16(13)18-14-9-10-20-17(14)19;;/h1-6,8-10H;1H;/q-1;;+2/p-1. The van der Waals surface area contributed by atoms with Gasteiger partial charge in [0.1, 0.15) is 4.83 Å². The number of halogens is 1. The van der Waals surface area contributed by atoms with Crippen LogP contribution in [0.2, 0.25) is 0 Å². The normalized spacial score (nSPS) is 10.9. The Hall–Kier alpha value is -1.33. The van der Waals surface area contributed by atoms with E-state index in [9.17, 15) is 0 Å². The van der Waals surface area contributed by atoms with Gasteiger partial charge in [0.25, 0.3) is 0 Å². The predicted octanol–water partition coefficient (Wildman–Crippen LogP) is 1.28. The number of imidazole rings is 1. The van der Waals surface area contributed by atoms with E-state index < -0.39 is 0 Å². The maximum atomic E-state index is 4.80. The summed E-state index contributed by atoms with van der Waals surface area (Å²) in [6.07, 6.45) is 0. The minimum Gasteiger partial charge on any atom is -1.00 e. The number of benzene rings is 2. The van der Waals surface area contributed by atoms with E-state index in [1.807, 2.05) is 12.1 Å². The van der Waals surface area contributed by atoms with Crippen molar-refractivity contribution in [2.75, 3.05) is 0 Å². The average molecular weight is 333 g/mol. The van der Waals surface area contributed by atoms with Crippen LogP contribution < -0.4 is 12.4 Å². The molecule has 5 heteroatoms. The predicted molar refractivity (Wildman–Crippen MR) is 90.2 cm³/mol. The molecule has 0 fully saturated rings. The summed E-state index contributed by atoms with van der Waals surface area (Å²) >= 11 is 1.73. The number of rotatable bonds is 0. The van der Waals surface area contributed by atoms with Gasteiger partial charge in [0.15, 0.2) is 0 Å². The molecule has 0 aliphatic carbocycles. The van der Waals surface area contributed by atoms with E-state index in [1.54, 1.807) is 11.3 Å². The first kappa shape index (κ1) is 15.6. The molecular weight excluding hydrogens is 324 g/mol. The largest absolute Gasteiger partial charge is 2.00 e. The molecule has 5 aromatic rings. The van der Waals surface area contributed by atoms with Gasteiger partial charge in [0.2, 0.25) is 0 Å². The Morgan fingerprint density at radius 1 is 1.00 bits per heavy atom. The Balaban J connectivity index is 0.000000720. The minimum atomic E-state index is 0. The summed E-state index contributed by atoms with van der Waals surface area (Å²) < 4.78 is 2.26. The molecule has 0 spiro atoms.